The molecule has 0 aromatic heterocycles. The van der Waals surface area contributed by atoms with Crippen molar-refractivity contribution >= 4 is 15.7 Å². The molecule has 4 fully saturated rings. The maximum absolute atomic E-state index is 12.4. The third kappa shape index (κ3) is 2.97. The van der Waals surface area contributed by atoms with Gasteiger partial charge in [0.05, 0.1) is 5.75 Å². The molecule has 23 heavy (non-hydrogen) atoms. The van der Waals surface area contributed by atoms with E-state index in [9.17, 15) is 13.2 Å². The Hall–Kier alpha value is -0.840. The Morgan fingerprint density at radius 1 is 1.17 bits per heavy atom. The predicted molar refractivity (Wildman–Crippen MR) is 89.2 cm³/mol. The Kier molecular flexibility index (Phi) is 3.63. The first-order valence-electron chi connectivity index (χ1n) is 9.04. The fraction of sp³-hybridized carbons (Fsp3) is 0.833. The van der Waals surface area contributed by atoms with E-state index in [1.807, 2.05) is 0 Å². The molecule has 1 amide bonds. The smallest absolute Gasteiger partial charge is 0.220 e. The van der Waals surface area contributed by atoms with Crippen LogP contribution < -0.4 is 5.32 Å². The molecule has 5 heteroatoms. The van der Waals surface area contributed by atoms with Gasteiger partial charge in [-0.1, -0.05) is 6.08 Å². The molecule has 0 unspecified atom stereocenters. The van der Waals surface area contributed by atoms with Crippen molar-refractivity contribution in [1.82, 2.24) is 5.32 Å². The van der Waals surface area contributed by atoms with Crippen molar-refractivity contribution < 1.29 is 13.2 Å². The lowest BCUT2D eigenvalue weighted by molar-refractivity contribution is -0.126. The van der Waals surface area contributed by atoms with Gasteiger partial charge in [0.25, 0.3) is 0 Å². The zero-order valence-electron chi connectivity index (χ0n) is 13.8. The molecule has 0 spiro atoms. The Morgan fingerprint density at radius 2 is 1.74 bits per heavy atom. The van der Waals surface area contributed by atoms with Gasteiger partial charge in [-0.15, -0.1) is 0 Å². The number of nitrogens with one attached hydrogen (secondary N) is 1. The molecule has 4 bridgehead atoms. The molecular formula is C18H27NO3S. The summed E-state index contributed by atoms with van der Waals surface area (Å²) in [4.78, 5) is 12.4. The summed E-state index contributed by atoms with van der Waals surface area (Å²) in [6, 6.07) is 0.213. The molecule has 5 aliphatic rings. The Bertz CT molecular complexity index is 601. The van der Waals surface area contributed by atoms with Crippen molar-refractivity contribution in [3.05, 3.63) is 11.5 Å². The highest BCUT2D eigenvalue weighted by molar-refractivity contribution is 7.94. The van der Waals surface area contributed by atoms with E-state index in [2.05, 4.69) is 12.2 Å². The number of hydrogen-bond acceptors (Lipinski definition) is 3. The van der Waals surface area contributed by atoms with Gasteiger partial charge in [-0.05, 0) is 68.6 Å². The quantitative estimate of drug-likeness (QED) is 0.858. The van der Waals surface area contributed by atoms with Gasteiger partial charge in [-0.25, -0.2) is 8.42 Å². The largest absolute Gasteiger partial charge is 0.353 e. The minimum atomic E-state index is -3.07. The molecule has 5 rings (SSSR count). The van der Waals surface area contributed by atoms with E-state index < -0.39 is 9.84 Å². The maximum atomic E-state index is 12.4. The first-order valence-corrected chi connectivity index (χ1v) is 10.8. The average molecular weight is 337 g/mol. The van der Waals surface area contributed by atoms with Gasteiger partial charge in [0.2, 0.25) is 5.91 Å². The van der Waals surface area contributed by atoms with Crippen molar-refractivity contribution in [3.8, 4) is 0 Å². The molecule has 0 aromatic rings. The van der Waals surface area contributed by atoms with Crippen molar-refractivity contribution in [1.29, 1.82) is 0 Å². The number of allylic oxidation sites excluding steroid dienone is 1. The van der Waals surface area contributed by atoms with Crippen LogP contribution in [0.15, 0.2) is 11.5 Å². The predicted octanol–water partition coefficient (Wildman–Crippen LogP) is 2.66. The van der Waals surface area contributed by atoms with Gasteiger partial charge < -0.3 is 5.32 Å². The number of hydrogen-bond donors (Lipinski definition) is 1. The highest BCUT2D eigenvalue weighted by Gasteiger charge is 2.53. The van der Waals surface area contributed by atoms with Gasteiger partial charge in [0, 0.05) is 23.8 Å². The van der Waals surface area contributed by atoms with E-state index in [0.29, 0.717) is 11.8 Å². The summed E-state index contributed by atoms with van der Waals surface area (Å²) in [5, 5.41) is 4.48. The molecule has 4 nitrogen and oxygen atoms in total. The molecule has 1 aliphatic heterocycles. The number of carbonyl (C=O) groups is 1. The minimum absolute atomic E-state index is 0.0139. The second kappa shape index (κ2) is 5.33. The minimum Gasteiger partial charge on any atom is -0.353 e. The zero-order valence-corrected chi connectivity index (χ0v) is 14.6. The molecule has 4 aliphatic carbocycles. The number of carbonyl (C=O) groups excluding carboxylic acids is 1. The van der Waals surface area contributed by atoms with Crippen molar-refractivity contribution in [3.63, 3.8) is 0 Å². The molecular weight excluding hydrogens is 310 g/mol. The molecule has 1 N–H and O–H groups in total. The SMILES string of the molecule is C[C@@H](NC(=O)C[C@H]1C=CS(=O)(=O)C1)C12CC3CC(CC(C3)C1)C2. The highest BCUT2D eigenvalue weighted by Crippen LogP contribution is 2.61. The molecule has 4 saturated carbocycles. The lowest BCUT2D eigenvalue weighted by atomic mass is 9.48. The van der Waals surface area contributed by atoms with Gasteiger partial charge in [-0.3, -0.25) is 4.79 Å². The summed E-state index contributed by atoms with van der Waals surface area (Å²) in [6.45, 7) is 2.17. The van der Waals surface area contributed by atoms with Crippen LogP contribution >= 0.6 is 0 Å². The van der Waals surface area contributed by atoms with E-state index in [1.165, 1.54) is 43.9 Å². The van der Waals surface area contributed by atoms with Crippen molar-refractivity contribution in [2.24, 2.45) is 29.1 Å². The average Bonchev–Trinajstić information content (AvgIpc) is 2.76. The van der Waals surface area contributed by atoms with Gasteiger partial charge in [0.15, 0.2) is 9.84 Å². The van der Waals surface area contributed by atoms with Gasteiger partial charge in [0.1, 0.15) is 0 Å². The molecule has 2 atom stereocenters. The third-order valence-corrected chi connectivity index (χ3v) is 8.30. The zero-order chi connectivity index (χ0) is 16.2. The normalized spacial score (nSPS) is 44.4. The van der Waals surface area contributed by atoms with E-state index in [1.54, 1.807) is 6.08 Å². The van der Waals surface area contributed by atoms with Crippen molar-refractivity contribution in [2.45, 2.75) is 57.9 Å². The number of sulfone groups is 1. The van der Waals surface area contributed by atoms with Crippen molar-refractivity contribution in [2.75, 3.05) is 5.75 Å². The van der Waals surface area contributed by atoms with Crippen LogP contribution in [0.2, 0.25) is 0 Å². The summed E-state index contributed by atoms with van der Waals surface area (Å²) in [6.07, 6.45) is 10.0. The maximum Gasteiger partial charge on any atom is 0.220 e. The van der Waals surface area contributed by atoms with Crippen LogP contribution in [0.5, 0.6) is 0 Å². The summed E-state index contributed by atoms with van der Waals surface area (Å²) in [5.74, 6) is 2.59. The fourth-order valence-corrected chi connectivity index (χ4v) is 7.57. The second-order valence-electron chi connectivity index (χ2n) is 8.69. The van der Waals surface area contributed by atoms with E-state index in [0.717, 1.165) is 17.8 Å². The van der Waals surface area contributed by atoms with Gasteiger partial charge in [-0.2, -0.15) is 0 Å². The van der Waals surface area contributed by atoms with Gasteiger partial charge >= 0.3 is 0 Å². The van der Waals surface area contributed by atoms with Crippen LogP contribution in [-0.4, -0.2) is 26.1 Å². The van der Waals surface area contributed by atoms with Crippen LogP contribution in [0, 0.1) is 29.1 Å². The number of amides is 1. The lowest BCUT2D eigenvalue weighted by Crippen LogP contribution is -2.55. The first-order chi connectivity index (χ1) is 10.8. The summed E-state index contributed by atoms with van der Waals surface area (Å²) in [7, 11) is -3.07. The lowest BCUT2D eigenvalue weighted by Gasteiger charge is -2.59. The molecule has 1 heterocycles. The first kappa shape index (κ1) is 15.7. The summed E-state index contributed by atoms with van der Waals surface area (Å²) < 4.78 is 22.9. The molecule has 0 aromatic carbocycles. The van der Waals surface area contributed by atoms with E-state index in [-0.39, 0.29) is 23.6 Å². The third-order valence-electron chi connectivity index (χ3n) is 6.83. The topological polar surface area (TPSA) is 63.2 Å². The van der Waals surface area contributed by atoms with Crippen LogP contribution in [0.1, 0.15) is 51.9 Å². The van der Waals surface area contributed by atoms with Crippen LogP contribution in [0.4, 0.5) is 0 Å². The Morgan fingerprint density at radius 3 is 2.22 bits per heavy atom. The van der Waals surface area contributed by atoms with Crippen LogP contribution in [0.3, 0.4) is 0 Å². The molecule has 0 radical (unpaired) electrons. The van der Waals surface area contributed by atoms with E-state index >= 15 is 0 Å². The fourth-order valence-electron chi connectivity index (χ4n) is 6.17. The monoisotopic (exact) mass is 337 g/mol. The number of rotatable bonds is 4. The standard InChI is InChI=1S/C18H27NO3S/c1-12(19-17(20)7-13-2-3-23(21,22)11-13)18-8-14-4-15(9-18)6-16(5-14)10-18/h2-3,12-16H,4-11H2,1H3,(H,19,20)/t12-,13-,14?,15?,16?,18?/m1/s1. The van der Waals surface area contributed by atoms with E-state index in [4.69, 9.17) is 0 Å². The van der Waals surface area contributed by atoms with Crippen LogP contribution in [0.25, 0.3) is 0 Å². The molecule has 128 valence electrons. The Balaban J connectivity index is 1.37. The van der Waals surface area contributed by atoms with Crippen LogP contribution in [-0.2, 0) is 14.6 Å². The summed E-state index contributed by atoms with van der Waals surface area (Å²) in [5.41, 5.74) is 0.308. The summed E-state index contributed by atoms with van der Waals surface area (Å²) >= 11 is 0. The highest BCUT2D eigenvalue weighted by atomic mass is 32.2. The second-order valence-corrected chi connectivity index (χ2v) is 10.6. The molecule has 0 saturated heterocycles. The Labute approximate surface area is 139 Å².